The quantitative estimate of drug-likeness (QED) is 0.840. The SMILES string of the molecule is CC1CCCC1[C@H](C)NCc1ccccn1. The first-order chi connectivity index (χ1) is 7.77. The lowest BCUT2D eigenvalue weighted by Crippen LogP contribution is -2.34. The molecule has 2 nitrogen and oxygen atoms in total. The minimum Gasteiger partial charge on any atom is -0.308 e. The van der Waals surface area contributed by atoms with E-state index in [9.17, 15) is 0 Å². The molecule has 88 valence electrons. The second kappa shape index (κ2) is 5.44. The van der Waals surface area contributed by atoms with E-state index in [1.165, 1.54) is 19.3 Å². The molecule has 0 aliphatic heterocycles. The van der Waals surface area contributed by atoms with Gasteiger partial charge in [-0.2, -0.15) is 0 Å². The first-order valence-corrected chi connectivity index (χ1v) is 6.40. The highest BCUT2D eigenvalue weighted by Gasteiger charge is 2.27. The van der Waals surface area contributed by atoms with Crippen molar-refractivity contribution in [1.82, 2.24) is 10.3 Å². The molecule has 1 fully saturated rings. The van der Waals surface area contributed by atoms with E-state index < -0.39 is 0 Å². The van der Waals surface area contributed by atoms with Crippen molar-refractivity contribution < 1.29 is 0 Å². The monoisotopic (exact) mass is 218 g/mol. The van der Waals surface area contributed by atoms with Crippen LogP contribution in [-0.4, -0.2) is 11.0 Å². The molecule has 0 saturated heterocycles. The third-order valence-electron chi connectivity index (χ3n) is 3.90. The van der Waals surface area contributed by atoms with E-state index in [4.69, 9.17) is 0 Å². The minimum atomic E-state index is 0.611. The molecule has 0 spiro atoms. The van der Waals surface area contributed by atoms with Gasteiger partial charge in [-0.15, -0.1) is 0 Å². The Labute approximate surface area is 98.5 Å². The van der Waals surface area contributed by atoms with E-state index in [2.05, 4.69) is 30.2 Å². The molecule has 1 aliphatic carbocycles. The smallest absolute Gasteiger partial charge is 0.0541 e. The molecule has 3 atom stereocenters. The Morgan fingerprint density at radius 2 is 2.31 bits per heavy atom. The zero-order chi connectivity index (χ0) is 11.4. The van der Waals surface area contributed by atoms with Crippen LogP contribution in [0.15, 0.2) is 24.4 Å². The molecule has 1 N–H and O–H groups in total. The van der Waals surface area contributed by atoms with Crippen molar-refractivity contribution in [2.24, 2.45) is 11.8 Å². The summed E-state index contributed by atoms with van der Waals surface area (Å²) in [5.74, 6) is 1.73. The number of nitrogens with zero attached hydrogens (tertiary/aromatic N) is 1. The molecule has 2 rings (SSSR count). The second-order valence-electron chi connectivity index (χ2n) is 5.06. The molecule has 2 heteroatoms. The van der Waals surface area contributed by atoms with Crippen molar-refractivity contribution in [3.63, 3.8) is 0 Å². The van der Waals surface area contributed by atoms with Crippen molar-refractivity contribution in [2.45, 2.75) is 45.7 Å². The molecule has 0 radical (unpaired) electrons. The molecule has 1 aromatic heterocycles. The highest BCUT2D eigenvalue weighted by atomic mass is 14.9. The molecule has 1 aliphatic rings. The van der Waals surface area contributed by atoms with Crippen LogP contribution in [0.3, 0.4) is 0 Å². The number of nitrogens with one attached hydrogen (secondary N) is 1. The molecule has 2 unspecified atom stereocenters. The second-order valence-corrected chi connectivity index (χ2v) is 5.06. The predicted molar refractivity (Wildman–Crippen MR) is 67.0 cm³/mol. The Kier molecular flexibility index (Phi) is 3.94. The van der Waals surface area contributed by atoms with E-state index in [1.807, 2.05) is 18.3 Å². The van der Waals surface area contributed by atoms with Gasteiger partial charge in [-0.3, -0.25) is 4.98 Å². The Morgan fingerprint density at radius 1 is 1.44 bits per heavy atom. The average molecular weight is 218 g/mol. The van der Waals surface area contributed by atoms with Crippen molar-refractivity contribution in [2.75, 3.05) is 0 Å². The minimum absolute atomic E-state index is 0.611. The summed E-state index contributed by atoms with van der Waals surface area (Å²) in [6.45, 7) is 5.59. The van der Waals surface area contributed by atoms with E-state index in [0.29, 0.717) is 6.04 Å². The molecule has 1 saturated carbocycles. The van der Waals surface area contributed by atoms with Crippen LogP contribution in [0.25, 0.3) is 0 Å². The topological polar surface area (TPSA) is 24.9 Å². The van der Waals surface area contributed by atoms with E-state index in [-0.39, 0.29) is 0 Å². The predicted octanol–water partition coefficient (Wildman–Crippen LogP) is 3.00. The fourth-order valence-electron chi connectivity index (χ4n) is 2.84. The molecule has 1 heterocycles. The molecule has 0 amide bonds. The van der Waals surface area contributed by atoms with Gasteiger partial charge in [-0.1, -0.05) is 25.8 Å². The molecule has 1 aromatic rings. The first kappa shape index (κ1) is 11.6. The Bertz CT molecular complexity index is 310. The maximum absolute atomic E-state index is 4.33. The standard InChI is InChI=1S/C14H22N2/c1-11-6-5-8-14(11)12(2)16-10-13-7-3-4-9-15-13/h3-4,7,9,11-12,14,16H,5-6,8,10H2,1-2H3/t11?,12-,14?/m0/s1. The van der Waals surface area contributed by atoms with Crippen LogP contribution in [0.4, 0.5) is 0 Å². The zero-order valence-electron chi connectivity index (χ0n) is 10.3. The number of hydrogen-bond acceptors (Lipinski definition) is 2. The number of rotatable bonds is 4. The van der Waals surface area contributed by atoms with Gasteiger partial charge in [0, 0.05) is 18.8 Å². The van der Waals surface area contributed by atoms with E-state index in [1.54, 1.807) is 0 Å². The van der Waals surface area contributed by atoms with Gasteiger partial charge in [-0.05, 0) is 37.3 Å². The van der Waals surface area contributed by atoms with Gasteiger partial charge in [0.2, 0.25) is 0 Å². The van der Waals surface area contributed by atoms with Gasteiger partial charge in [0.05, 0.1) is 5.69 Å². The van der Waals surface area contributed by atoms with E-state index in [0.717, 1.165) is 24.1 Å². The summed E-state index contributed by atoms with van der Waals surface area (Å²) in [5.41, 5.74) is 1.14. The van der Waals surface area contributed by atoms with Crippen LogP contribution < -0.4 is 5.32 Å². The Balaban J connectivity index is 1.81. The fourth-order valence-corrected chi connectivity index (χ4v) is 2.84. The van der Waals surface area contributed by atoms with Crippen molar-refractivity contribution >= 4 is 0 Å². The Morgan fingerprint density at radius 3 is 2.94 bits per heavy atom. The van der Waals surface area contributed by atoms with Crippen molar-refractivity contribution in [3.8, 4) is 0 Å². The van der Waals surface area contributed by atoms with Gasteiger partial charge in [0.15, 0.2) is 0 Å². The summed E-state index contributed by atoms with van der Waals surface area (Å²) in [5, 5.41) is 3.61. The maximum Gasteiger partial charge on any atom is 0.0541 e. The summed E-state index contributed by atoms with van der Waals surface area (Å²) in [6.07, 6.45) is 6.05. The van der Waals surface area contributed by atoms with Crippen molar-refractivity contribution in [1.29, 1.82) is 0 Å². The molecule has 0 aromatic carbocycles. The van der Waals surface area contributed by atoms with Crippen LogP contribution in [0.2, 0.25) is 0 Å². The van der Waals surface area contributed by atoms with Crippen LogP contribution in [-0.2, 0) is 6.54 Å². The summed E-state index contributed by atoms with van der Waals surface area (Å²) >= 11 is 0. The summed E-state index contributed by atoms with van der Waals surface area (Å²) in [4.78, 5) is 4.33. The average Bonchev–Trinajstić information content (AvgIpc) is 2.74. The molecular formula is C14H22N2. The van der Waals surface area contributed by atoms with Gasteiger partial charge >= 0.3 is 0 Å². The Hall–Kier alpha value is -0.890. The van der Waals surface area contributed by atoms with Crippen LogP contribution >= 0.6 is 0 Å². The van der Waals surface area contributed by atoms with Gasteiger partial charge < -0.3 is 5.32 Å². The van der Waals surface area contributed by atoms with Gasteiger partial charge in [0.1, 0.15) is 0 Å². The molecular weight excluding hydrogens is 196 g/mol. The first-order valence-electron chi connectivity index (χ1n) is 6.40. The normalized spacial score (nSPS) is 26.9. The molecule has 16 heavy (non-hydrogen) atoms. The lowest BCUT2D eigenvalue weighted by molar-refractivity contribution is 0.311. The fraction of sp³-hybridized carbons (Fsp3) is 0.643. The maximum atomic E-state index is 4.33. The van der Waals surface area contributed by atoms with Crippen LogP contribution in [0, 0.1) is 11.8 Å². The van der Waals surface area contributed by atoms with Gasteiger partial charge in [0.25, 0.3) is 0 Å². The van der Waals surface area contributed by atoms with Gasteiger partial charge in [-0.25, -0.2) is 0 Å². The van der Waals surface area contributed by atoms with Crippen LogP contribution in [0.5, 0.6) is 0 Å². The van der Waals surface area contributed by atoms with E-state index >= 15 is 0 Å². The van der Waals surface area contributed by atoms with Crippen LogP contribution in [0.1, 0.15) is 38.8 Å². The highest BCUT2D eigenvalue weighted by Crippen LogP contribution is 2.33. The lowest BCUT2D eigenvalue weighted by atomic mass is 9.91. The number of aromatic nitrogens is 1. The largest absolute Gasteiger partial charge is 0.308 e. The summed E-state index contributed by atoms with van der Waals surface area (Å²) in [6, 6.07) is 6.70. The van der Waals surface area contributed by atoms with Crippen molar-refractivity contribution in [3.05, 3.63) is 30.1 Å². The lowest BCUT2D eigenvalue weighted by Gasteiger charge is -2.24. The highest BCUT2D eigenvalue weighted by molar-refractivity contribution is 5.03. The summed E-state index contributed by atoms with van der Waals surface area (Å²) < 4.78 is 0. The number of pyridine rings is 1. The number of hydrogen-bond donors (Lipinski definition) is 1. The molecule has 0 bridgehead atoms. The third kappa shape index (κ3) is 2.82. The third-order valence-corrected chi connectivity index (χ3v) is 3.90. The zero-order valence-corrected chi connectivity index (χ0v) is 10.3. The summed E-state index contributed by atoms with van der Waals surface area (Å²) in [7, 11) is 0.